The van der Waals surface area contributed by atoms with E-state index in [9.17, 15) is 4.79 Å². The third-order valence-corrected chi connectivity index (χ3v) is 3.84. The fourth-order valence-electron chi connectivity index (χ4n) is 2.64. The number of carbonyl (C=O) groups is 1. The lowest BCUT2D eigenvalue weighted by atomic mass is 10.2. The molecule has 2 amide bonds. The van der Waals surface area contributed by atoms with Crippen LogP contribution >= 0.6 is 0 Å². The Kier molecular flexibility index (Phi) is 4.87. The van der Waals surface area contributed by atoms with Crippen LogP contribution in [0.1, 0.15) is 18.4 Å². The number of anilines is 1. The first-order valence-corrected chi connectivity index (χ1v) is 7.76. The lowest BCUT2D eigenvalue weighted by Gasteiger charge is -2.21. The van der Waals surface area contributed by atoms with Crippen molar-refractivity contribution in [1.29, 1.82) is 0 Å². The average molecular weight is 315 g/mol. The molecule has 2 heterocycles. The van der Waals surface area contributed by atoms with Crippen LogP contribution in [0, 0.1) is 0 Å². The predicted molar refractivity (Wildman–Crippen MR) is 86.2 cm³/mol. The third-order valence-electron chi connectivity index (χ3n) is 3.84. The van der Waals surface area contributed by atoms with E-state index in [1.807, 2.05) is 24.3 Å². The summed E-state index contributed by atoms with van der Waals surface area (Å²) in [5.41, 5.74) is 1.82. The Morgan fingerprint density at radius 3 is 3.17 bits per heavy atom. The molecule has 1 atom stereocenters. The third kappa shape index (κ3) is 4.29. The summed E-state index contributed by atoms with van der Waals surface area (Å²) < 4.78 is 7.31. The van der Waals surface area contributed by atoms with Crippen LogP contribution in [0.15, 0.2) is 36.9 Å². The molecule has 7 heteroatoms. The summed E-state index contributed by atoms with van der Waals surface area (Å²) in [6, 6.07) is 7.61. The Bertz CT molecular complexity index is 638. The Morgan fingerprint density at radius 1 is 1.52 bits per heavy atom. The molecule has 0 spiro atoms. The first-order chi connectivity index (χ1) is 11.2. The van der Waals surface area contributed by atoms with E-state index in [4.69, 9.17) is 4.74 Å². The van der Waals surface area contributed by atoms with Gasteiger partial charge in [0.15, 0.2) is 0 Å². The van der Waals surface area contributed by atoms with E-state index in [0.717, 1.165) is 30.7 Å². The van der Waals surface area contributed by atoms with Gasteiger partial charge in [-0.3, -0.25) is 0 Å². The zero-order valence-electron chi connectivity index (χ0n) is 13.2. The number of carbonyl (C=O) groups excluding carboxylic acids is 1. The van der Waals surface area contributed by atoms with Gasteiger partial charge in [0, 0.05) is 25.9 Å². The summed E-state index contributed by atoms with van der Waals surface area (Å²) in [6.45, 7) is 2.03. The maximum atomic E-state index is 12.3. The van der Waals surface area contributed by atoms with Crippen LogP contribution in [0.4, 0.5) is 10.5 Å². The number of urea groups is 1. The van der Waals surface area contributed by atoms with Crippen molar-refractivity contribution in [3.8, 4) is 0 Å². The standard InChI is InChI=1S/C16H21N5O2/c1-20(10-15-6-3-7-23-15)16(22)19-14-5-2-4-13(8-14)9-21-12-17-11-18-21/h2,4-5,8,11-12,15H,3,6-7,9-10H2,1H3,(H,19,22)/t15-/m0/s1. The Balaban J connectivity index is 1.57. The first-order valence-electron chi connectivity index (χ1n) is 7.76. The van der Waals surface area contributed by atoms with Crippen molar-refractivity contribution >= 4 is 11.7 Å². The van der Waals surface area contributed by atoms with E-state index in [1.54, 1.807) is 23.0 Å². The Morgan fingerprint density at radius 2 is 2.43 bits per heavy atom. The Labute approximate surface area is 135 Å². The highest BCUT2D eigenvalue weighted by Crippen LogP contribution is 2.15. The molecule has 1 aliphatic heterocycles. The predicted octanol–water partition coefficient (Wildman–Crippen LogP) is 1.97. The molecule has 1 aromatic heterocycles. The molecule has 0 radical (unpaired) electrons. The van der Waals surface area contributed by atoms with Gasteiger partial charge in [0.2, 0.25) is 0 Å². The maximum Gasteiger partial charge on any atom is 0.321 e. The number of hydrogen-bond donors (Lipinski definition) is 1. The SMILES string of the molecule is CN(C[C@@H]1CCCO1)C(=O)Nc1cccc(Cn2cncn2)c1. The smallest absolute Gasteiger partial charge is 0.321 e. The maximum absolute atomic E-state index is 12.3. The van der Waals surface area contributed by atoms with Crippen molar-refractivity contribution in [3.63, 3.8) is 0 Å². The largest absolute Gasteiger partial charge is 0.376 e. The molecule has 0 unspecified atom stereocenters. The van der Waals surface area contributed by atoms with Gasteiger partial charge in [0.25, 0.3) is 0 Å². The first kappa shape index (κ1) is 15.5. The minimum Gasteiger partial charge on any atom is -0.376 e. The van der Waals surface area contributed by atoms with Gasteiger partial charge in [-0.2, -0.15) is 5.10 Å². The van der Waals surface area contributed by atoms with Crippen LogP contribution < -0.4 is 5.32 Å². The van der Waals surface area contributed by atoms with Crippen molar-refractivity contribution in [2.24, 2.45) is 0 Å². The van der Waals surface area contributed by atoms with E-state index in [-0.39, 0.29) is 12.1 Å². The number of amides is 2. The molecule has 3 rings (SSSR count). The monoisotopic (exact) mass is 315 g/mol. The lowest BCUT2D eigenvalue weighted by molar-refractivity contribution is 0.0894. The summed E-state index contributed by atoms with van der Waals surface area (Å²) in [4.78, 5) is 17.9. The molecule has 1 N–H and O–H groups in total. The van der Waals surface area contributed by atoms with Crippen molar-refractivity contribution in [2.75, 3.05) is 25.5 Å². The van der Waals surface area contributed by atoms with Crippen LogP contribution in [-0.2, 0) is 11.3 Å². The molecule has 0 bridgehead atoms. The molecule has 1 aromatic carbocycles. The van der Waals surface area contributed by atoms with E-state index < -0.39 is 0 Å². The van der Waals surface area contributed by atoms with Gasteiger partial charge in [-0.05, 0) is 30.5 Å². The molecular weight excluding hydrogens is 294 g/mol. The van der Waals surface area contributed by atoms with Gasteiger partial charge < -0.3 is 15.0 Å². The Hall–Kier alpha value is -2.41. The number of likely N-dealkylation sites (N-methyl/N-ethyl adjacent to an activating group) is 1. The molecule has 0 saturated carbocycles. The van der Waals surface area contributed by atoms with E-state index in [1.165, 1.54) is 6.33 Å². The van der Waals surface area contributed by atoms with Crippen molar-refractivity contribution < 1.29 is 9.53 Å². The van der Waals surface area contributed by atoms with Crippen molar-refractivity contribution in [1.82, 2.24) is 19.7 Å². The van der Waals surface area contributed by atoms with Crippen LogP contribution in [0.5, 0.6) is 0 Å². The second-order valence-corrected chi connectivity index (χ2v) is 5.74. The zero-order chi connectivity index (χ0) is 16.1. The van der Waals surface area contributed by atoms with E-state index in [2.05, 4.69) is 15.4 Å². The zero-order valence-corrected chi connectivity index (χ0v) is 13.2. The minimum atomic E-state index is -0.126. The number of ether oxygens (including phenoxy) is 1. The molecule has 0 aliphatic carbocycles. The molecule has 23 heavy (non-hydrogen) atoms. The van der Waals surface area contributed by atoms with Crippen LogP contribution in [0.25, 0.3) is 0 Å². The quantitative estimate of drug-likeness (QED) is 0.915. The average Bonchev–Trinajstić information content (AvgIpc) is 3.21. The number of nitrogens with zero attached hydrogens (tertiary/aromatic N) is 4. The fourth-order valence-corrected chi connectivity index (χ4v) is 2.64. The van der Waals surface area contributed by atoms with Gasteiger partial charge in [-0.25, -0.2) is 14.5 Å². The lowest BCUT2D eigenvalue weighted by Crippen LogP contribution is -2.37. The summed E-state index contributed by atoms with van der Waals surface area (Å²) in [5, 5.41) is 7.01. The number of rotatable bonds is 5. The molecule has 1 aliphatic rings. The summed E-state index contributed by atoms with van der Waals surface area (Å²) in [6.07, 6.45) is 5.42. The molecule has 7 nitrogen and oxygen atoms in total. The van der Waals surface area contributed by atoms with Gasteiger partial charge in [0.05, 0.1) is 12.6 Å². The van der Waals surface area contributed by atoms with E-state index >= 15 is 0 Å². The number of hydrogen-bond acceptors (Lipinski definition) is 4. The van der Waals surface area contributed by atoms with Crippen molar-refractivity contribution in [3.05, 3.63) is 42.5 Å². The van der Waals surface area contributed by atoms with Crippen LogP contribution in [0.2, 0.25) is 0 Å². The van der Waals surface area contributed by atoms with Gasteiger partial charge in [-0.1, -0.05) is 12.1 Å². The fraction of sp³-hybridized carbons (Fsp3) is 0.438. The normalized spacial score (nSPS) is 17.2. The molecular formula is C16H21N5O2. The second-order valence-electron chi connectivity index (χ2n) is 5.74. The highest BCUT2D eigenvalue weighted by Gasteiger charge is 2.20. The second kappa shape index (κ2) is 7.23. The minimum absolute atomic E-state index is 0.126. The number of nitrogens with one attached hydrogen (secondary N) is 1. The van der Waals surface area contributed by atoms with Gasteiger partial charge >= 0.3 is 6.03 Å². The molecule has 2 aromatic rings. The van der Waals surface area contributed by atoms with Crippen LogP contribution in [0.3, 0.4) is 0 Å². The van der Waals surface area contributed by atoms with Gasteiger partial charge in [-0.15, -0.1) is 0 Å². The molecule has 122 valence electrons. The van der Waals surface area contributed by atoms with Gasteiger partial charge in [0.1, 0.15) is 12.7 Å². The van der Waals surface area contributed by atoms with E-state index in [0.29, 0.717) is 13.1 Å². The van der Waals surface area contributed by atoms with Crippen LogP contribution in [-0.4, -0.2) is 52.0 Å². The number of aromatic nitrogens is 3. The molecule has 1 fully saturated rings. The van der Waals surface area contributed by atoms with Crippen molar-refractivity contribution in [2.45, 2.75) is 25.5 Å². The highest BCUT2D eigenvalue weighted by atomic mass is 16.5. The topological polar surface area (TPSA) is 72.3 Å². The summed E-state index contributed by atoms with van der Waals surface area (Å²) in [5.74, 6) is 0. The summed E-state index contributed by atoms with van der Waals surface area (Å²) >= 11 is 0. The number of benzene rings is 1. The molecule has 1 saturated heterocycles. The highest BCUT2D eigenvalue weighted by molar-refractivity contribution is 5.89. The summed E-state index contributed by atoms with van der Waals surface area (Å²) in [7, 11) is 1.79.